The Hall–Kier alpha value is -3.70. The standard InChI is InChI=1S/C16H20FNO4.C15H18FNO4.2CH4.Li.2H2O/c1-16(2,3)22-15(20)18-12-8-6-9-10(14(19)21-4)5-7-11(17)13(9)12;1-15(2,3)21-14(20)17-11-7-5-8-9(13(18)19)4-6-10(16)12(8)11;;;;;/h5,7,12H,6,8H2,1-4H3,(H,18,20);4,6,11H,5,7H2,1-3H3,(H,17,20)(H,18,19);2*1H4;;2*1H2/q;;;;+1;;/p-2/t12-;11-;;;;;/m00...../s1. The maximum Gasteiger partial charge on any atom is 1.00 e. The molecule has 2 aliphatic rings. The second-order valence-electron chi connectivity index (χ2n) is 12.2. The molecule has 0 heterocycles. The molecular weight excluding hydrogens is 629 g/mol. The molecular formula is C33H48F2LiN2O10-. The van der Waals surface area contributed by atoms with Crippen molar-refractivity contribution in [1.82, 2.24) is 10.6 Å². The van der Waals surface area contributed by atoms with E-state index in [1.54, 1.807) is 41.5 Å². The number of amides is 2. The van der Waals surface area contributed by atoms with Gasteiger partial charge in [0, 0.05) is 11.1 Å². The van der Waals surface area contributed by atoms with Gasteiger partial charge in [0.15, 0.2) is 0 Å². The molecule has 0 unspecified atom stereocenters. The van der Waals surface area contributed by atoms with Crippen molar-refractivity contribution >= 4 is 24.1 Å². The van der Waals surface area contributed by atoms with Gasteiger partial charge in [-0.15, -0.1) is 0 Å². The fraction of sp³-hybridized carbons (Fsp3) is 0.515. The predicted octanol–water partition coefficient (Wildman–Crippen LogP) is 4.08. The Kier molecular flexibility index (Phi) is 19.6. The number of nitrogens with one attached hydrogen (secondary N) is 2. The van der Waals surface area contributed by atoms with E-state index in [2.05, 4.69) is 10.6 Å². The van der Waals surface area contributed by atoms with Gasteiger partial charge in [-0.25, -0.2) is 28.0 Å². The van der Waals surface area contributed by atoms with Crippen molar-refractivity contribution in [2.45, 2.75) is 105 Å². The van der Waals surface area contributed by atoms with Crippen molar-refractivity contribution in [1.29, 1.82) is 0 Å². The SMILES string of the molecule is C.C.CC(C)(C)OC(=O)N[C@H]1CCc2c(C(=O)O)ccc(F)c21.COC(=O)c1ccc(F)c2c1CC[C@@H]2NC(=O)OC(C)(C)C.[Li+].[OH-].[OH-]. The maximum atomic E-state index is 14.1. The summed E-state index contributed by atoms with van der Waals surface area (Å²) in [7, 11) is 1.28. The summed E-state index contributed by atoms with van der Waals surface area (Å²) in [5.41, 5.74) is 0.781. The zero-order chi connectivity index (χ0) is 32.3. The van der Waals surface area contributed by atoms with Crippen molar-refractivity contribution in [3.63, 3.8) is 0 Å². The monoisotopic (exact) mass is 677 g/mol. The van der Waals surface area contributed by atoms with Crippen LogP contribution < -0.4 is 29.5 Å². The minimum Gasteiger partial charge on any atom is -0.870 e. The van der Waals surface area contributed by atoms with Crippen LogP contribution in [-0.2, 0) is 27.1 Å². The number of benzene rings is 2. The summed E-state index contributed by atoms with van der Waals surface area (Å²) < 4.78 is 43.2. The van der Waals surface area contributed by atoms with Gasteiger partial charge in [0.05, 0.1) is 30.3 Å². The molecule has 4 rings (SSSR count). The van der Waals surface area contributed by atoms with Crippen molar-refractivity contribution in [2.75, 3.05) is 7.11 Å². The van der Waals surface area contributed by atoms with Gasteiger partial charge in [0.2, 0.25) is 0 Å². The third kappa shape index (κ3) is 12.4. The number of carbonyl (C=O) groups excluding carboxylic acids is 3. The number of ether oxygens (including phenoxy) is 3. The molecule has 0 spiro atoms. The van der Waals surface area contributed by atoms with E-state index in [1.807, 2.05) is 0 Å². The van der Waals surface area contributed by atoms with Crippen molar-refractivity contribution < 1.29 is 77.1 Å². The number of carbonyl (C=O) groups is 4. The van der Waals surface area contributed by atoms with E-state index in [-0.39, 0.29) is 55.8 Å². The second-order valence-corrected chi connectivity index (χ2v) is 12.2. The minimum atomic E-state index is -1.09. The maximum absolute atomic E-state index is 14.1. The van der Waals surface area contributed by atoms with Crippen LogP contribution in [0.4, 0.5) is 18.4 Å². The van der Waals surface area contributed by atoms with Gasteiger partial charge in [-0.2, -0.15) is 0 Å². The molecule has 0 radical (unpaired) electrons. The van der Waals surface area contributed by atoms with Crippen molar-refractivity contribution in [3.8, 4) is 0 Å². The number of hydrogen-bond acceptors (Lipinski definition) is 9. The molecule has 0 saturated heterocycles. The summed E-state index contributed by atoms with van der Waals surface area (Å²) in [5, 5.41) is 14.4. The largest absolute Gasteiger partial charge is 1.00 e. The zero-order valence-corrected chi connectivity index (χ0v) is 27.2. The Labute approximate surface area is 293 Å². The van der Waals surface area contributed by atoms with E-state index in [0.29, 0.717) is 47.9 Å². The first kappa shape index (κ1) is 48.7. The zero-order valence-electron chi connectivity index (χ0n) is 27.2. The first-order chi connectivity index (χ1) is 19.9. The van der Waals surface area contributed by atoms with Crippen LogP contribution in [0.1, 0.15) is 124 Å². The number of carboxylic acids is 1. The number of alkyl carbamates (subject to hydrolysis) is 2. The fourth-order valence-corrected chi connectivity index (χ4v) is 5.12. The first-order valence-electron chi connectivity index (χ1n) is 13.8. The molecule has 12 nitrogen and oxygen atoms in total. The minimum absolute atomic E-state index is 0. The molecule has 5 N–H and O–H groups in total. The van der Waals surface area contributed by atoms with Gasteiger partial charge in [0.1, 0.15) is 22.8 Å². The molecule has 266 valence electrons. The molecule has 2 aromatic carbocycles. The van der Waals surface area contributed by atoms with Gasteiger partial charge >= 0.3 is 43.0 Å². The Bertz CT molecular complexity index is 1420. The summed E-state index contributed by atoms with van der Waals surface area (Å²) in [6.07, 6.45) is 0.636. The molecule has 0 bridgehead atoms. The van der Waals surface area contributed by atoms with Crippen LogP contribution in [0.5, 0.6) is 0 Å². The second kappa shape index (κ2) is 19.3. The van der Waals surface area contributed by atoms with E-state index in [9.17, 15) is 28.0 Å². The Morgan fingerprint density at radius 2 is 1.08 bits per heavy atom. The van der Waals surface area contributed by atoms with Crippen molar-refractivity contribution in [3.05, 3.63) is 69.3 Å². The van der Waals surface area contributed by atoms with Gasteiger partial charge in [0.25, 0.3) is 0 Å². The molecule has 0 aromatic heterocycles. The molecule has 0 aliphatic heterocycles. The summed E-state index contributed by atoms with van der Waals surface area (Å²) in [6, 6.07) is 3.95. The van der Waals surface area contributed by atoms with E-state index in [1.165, 1.54) is 25.3 Å². The van der Waals surface area contributed by atoms with Gasteiger partial charge < -0.3 is 40.9 Å². The van der Waals surface area contributed by atoms with E-state index in [4.69, 9.17) is 19.3 Å². The number of carboxylic acid groups (broad SMARTS) is 1. The number of methoxy groups -OCH3 is 1. The van der Waals surface area contributed by atoms with Crippen LogP contribution >= 0.6 is 0 Å². The van der Waals surface area contributed by atoms with Crippen LogP contribution in [-0.4, -0.2) is 58.5 Å². The number of rotatable bonds is 4. The number of halogens is 2. The van der Waals surface area contributed by atoms with Gasteiger partial charge in [-0.05, 0) is 103 Å². The Morgan fingerprint density at radius 3 is 1.42 bits per heavy atom. The van der Waals surface area contributed by atoms with Crippen LogP contribution in [0.25, 0.3) is 0 Å². The number of esters is 1. The van der Waals surface area contributed by atoms with Crippen LogP contribution in [0, 0.1) is 11.6 Å². The molecule has 2 aliphatic carbocycles. The third-order valence-corrected chi connectivity index (χ3v) is 6.69. The van der Waals surface area contributed by atoms with Crippen molar-refractivity contribution in [2.24, 2.45) is 0 Å². The molecule has 2 atom stereocenters. The van der Waals surface area contributed by atoms with Gasteiger partial charge in [-0.3, -0.25) is 0 Å². The molecule has 0 saturated carbocycles. The smallest absolute Gasteiger partial charge is 0.870 e. The molecule has 0 fully saturated rings. The topological polar surface area (TPSA) is 200 Å². The Balaban J connectivity index is -0.000000765. The van der Waals surface area contributed by atoms with Crippen LogP contribution in [0.2, 0.25) is 0 Å². The number of hydrogen-bond donors (Lipinski definition) is 3. The summed E-state index contributed by atoms with van der Waals surface area (Å²) in [5.74, 6) is -2.55. The number of fused-ring (bicyclic) bond motifs is 2. The Morgan fingerprint density at radius 1 is 0.729 bits per heavy atom. The summed E-state index contributed by atoms with van der Waals surface area (Å²) in [6.45, 7) is 10.5. The fourth-order valence-electron chi connectivity index (χ4n) is 5.12. The van der Waals surface area contributed by atoms with E-state index >= 15 is 0 Å². The normalized spacial score (nSPS) is 15.3. The average Bonchev–Trinajstić information content (AvgIpc) is 3.47. The predicted molar refractivity (Wildman–Crippen MR) is 169 cm³/mol. The van der Waals surface area contributed by atoms with E-state index in [0.717, 1.165) is 6.07 Å². The van der Waals surface area contributed by atoms with Crippen LogP contribution in [0.15, 0.2) is 24.3 Å². The molecule has 2 aromatic rings. The van der Waals surface area contributed by atoms with E-state index < -0.39 is 59.0 Å². The first-order valence-corrected chi connectivity index (χ1v) is 13.8. The quantitative estimate of drug-likeness (QED) is 0.241. The number of aromatic carboxylic acids is 1. The summed E-state index contributed by atoms with van der Waals surface area (Å²) in [4.78, 5) is 46.5. The van der Waals surface area contributed by atoms with Crippen LogP contribution in [0.3, 0.4) is 0 Å². The third-order valence-electron chi connectivity index (χ3n) is 6.69. The average molecular weight is 678 g/mol. The molecule has 15 heteroatoms. The van der Waals surface area contributed by atoms with Gasteiger partial charge in [-0.1, -0.05) is 14.9 Å². The summed E-state index contributed by atoms with van der Waals surface area (Å²) >= 11 is 0. The molecule has 2 amide bonds. The molecule has 48 heavy (non-hydrogen) atoms.